The van der Waals surface area contributed by atoms with Crippen LogP contribution >= 0.6 is 11.6 Å². The number of carbonyl (C=O) groups excluding carboxylic acids is 1. The van der Waals surface area contributed by atoms with Crippen LogP contribution in [0, 0.1) is 18.8 Å². The van der Waals surface area contributed by atoms with E-state index >= 15 is 8.78 Å². The normalized spacial score (nSPS) is 16.7. The molecule has 7 rings (SSSR count). The summed E-state index contributed by atoms with van der Waals surface area (Å²) < 4.78 is 93.3. The van der Waals surface area contributed by atoms with Gasteiger partial charge in [0.15, 0.2) is 5.82 Å². The molecule has 4 heterocycles. The highest BCUT2D eigenvalue weighted by Gasteiger charge is 2.48. The highest BCUT2D eigenvalue weighted by molar-refractivity contribution is 6.34. The zero-order valence-electron chi connectivity index (χ0n) is 32.0. The van der Waals surface area contributed by atoms with Crippen LogP contribution in [0.5, 0.6) is 11.5 Å². The number of pyridine rings is 1. The number of benzene rings is 3. The Bertz CT molecular complexity index is 2270. The van der Waals surface area contributed by atoms with Crippen LogP contribution in [-0.2, 0) is 24.0 Å². The van der Waals surface area contributed by atoms with Crippen molar-refractivity contribution in [2.24, 2.45) is 0 Å². The zero-order chi connectivity index (χ0) is 41.0. The van der Waals surface area contributed by atoms with E-state index in [0.29, 0.717) is 17.9 Å². The maximum absolute atomic E-state index is 17.0. The van der Waals surface area contributed by atoms with E-state index in [4.69, 9.17) is 25.8 Å². The number of piperazine rings is 1. The van der Waals surface area contributed by atoms with Crippen molar-refractivity contribution >= 4 is 40.2 Å². The van der Waals surface area contributed by atoms with Crippen LogP contribution in [-0.4, -0.2) is 70.9 Å². The van der Waals surface area contributed by atoms with Gasteiger partial charge in [0, 0.05) is 31.6 Å². The lowest BCUT2D eigenvalue weighted by atomic mass is 9.98. The summed E-state index contributed by atoms with van der Waals surface area (Å²) in [6.07, 6.45) is -6.22. The van der Waals surface area contributed by atoms with Crippen LogP contribution in [0.3, 0.4) is 0 Å². The lowest BCUT2D eigenvalue weighted by molar-refractivity contribution is -0.137. The van der Waals surface area contributed by atoms with Crippen molar-refractivity contribution in [2.45, 2.75) is 71.1 Å². The standard InChI is InChI=1S/C41H40ClF5N6O4/c1-22-15-31(51(18-23-7-11-27(55-5)12-8-23)19-24-9-13-28(56-6)14-10-24)48-36(33(22)41(45,46)47)32-30(42)17-29-35(34(32)43)49-38(44)50-37(29)52-20-26-16-25(52)21-53(26)39(54)57-40(2,3)4/h7-15,17,25-26H,16,18-21H2,1-6H3. The number of fused-ring (bicyclic) bond motifs is 3. The topological polar surface area (TPSA) is 93.2 Å². The van der Waals surface area contributed by atoms with Crippen molar-refractivity contribution in [3.8, 4) is 22.8 Å². The Morgan fingerprint density at radius 3 is 1.98 bits per heavy atom. The summed E-state index contributed by atoms with van der Waals surface area (Å²) in [5, 5.41) is -0.399. The highest BCUT2D eigenvalue weighted by Crippen LogP contribution is 2.46. The fraction of sp³-hybridized carbons (Fsp3) is 0.366. The van der Waals surface area contributed by atoms with Crippen LogP contribution in [0.25, 0.3) is 22.2 Å². The summed E-state index contributed by atoms with van der Waals surface area (Å²) in [7, 11) is 3.08. The Kier molecular flexibility index (Phi) is 10.6. The molecule has 0 spiro atoms. The number of rotatable bonds is 9. The van der Waals surface area contributed by atoms with E-state index in [1.165, 1.54) is 33.3 Å². The summed E-state index contributed by atoms with van der Waals surface area (Å²) >= 11 is 6.77. The molecule has 10 nitrogen and oxygen atoms in total. The van der Waals surface area contributed by atoms with Crippen molar-refractivity contribution in [1.29, 1.82) is 0 Å². The lowest BCUT2D eigenvalue weighted by Gasteiger charge is -2.36. The fourth-order valence-electron chi connectivity index (χ4n) is 7.54. The maximum Gasteiger partial charge on any atom is 0.418 e. The largest absolute Gasteiger partial charge is 0.497 e. The number of likely N-dealkylation sites (tertiary alicyclic amines) is 1. The molecule has 2 atom stereocenters. The molecular formula is C41H40ClF5N6O4. The van der Waals surface area contributed by atoms with Gasteiger partial charge in [-0.05, 0) is 87.2 Å². The third-order valence-electron chi connectivity index (χ3n) is 10.1. The molecule has 2 unspecified atom stereocenters. The number of hydrogen-bond donors (Lipinski definition) is 0. The summed E-state index contributed by atoms with van der Waals surface area (Å²) in [4.78, 5) is 30.2. The van der Waals surface area contributed by atoms with Crippen molar-refractivity contribution in [1.82, 2.24) is 19.9 Å². The van der Waals surface area contributed by atoms with E-state index < -0.39 is 57.1 Å². The smallest absolute Gasteiger partial charge is 0.418 e. The van der Waals surface area contributed by atoms with Crippen LogP contribution in [0.4, 0.5) is 38.4 Å². The molecule has 0 saturated carbocycles. The number of amides is 1. The number of hydrogen-bond acceptors (Lipinski definition) is 9. The van der Waals surface area contributed by atoms with E-state index in [1.54, 1.807) is 59.7 Å². The number of methoxy groups -OCH3 is 2. The minimum absolute atomic E-state index is 0.00101. The Balaban J connectivity index is 1.32. The lowest BCUT2D eigenvalue weighted by Crippen LogP contribution is -2.50. The van der Waals surface area contributed by atoms with Gasteiger partial charge < -0.3 is 28.9 Å². The van der Waals surface area contributed by atoms with Crippen molar-refractivity contribution < 1.29 is 41.0 Å². The summed E-state index contributed by atoms with van der Waals surface area (Å²) in [5.74, 6) is 0.0773. The molecule has 0 N–H and O–H groups in total. The first-order valence-corrected chi connectivity index (χ1v) is 18.5. The van der Waals surface area contributed by atoms with Gasteiger partial charge >= 0.3 is 18.3 Å². The van der Waals surface area contributed by atoms with Gasteiger partial charge in [0.1, 0.15) is 34.3 Å². The average Bonchev–Trinajstić information content (AvgIpc) is 3.76. The third kappa shape index (κ3) is 8.07. The predicted octanol–water partition coefficient (Wildman–Crippen LogP) is 9.37. The van der Waals surface area contributed by atoms with Crippen LogP contribution in [0.15, 0.2) is 60.7 Å². The van der Waals surface area contributed by atoms with Gasteiger partial charge in [-0.2, -0.15) is 27.5 Å². The second-order valence-corrected chi connectivity index (χ2v) is 15.6. The van der Waals surface area contributed by atoms with Crippen molar-refractivity contribution in [2.75, 3.05) is 37.1 Å². The van der Waals surface area contributed by atoms with Gasteiger partial charge in [0.25, 0.3) is 0 Å². The molecule has 2 aliphatic rings. The van der Waals surface area contributed by atoms with Crippen LogP contribution in [0.2, 0.25) is 5.02 Å². The van der Waals surface area contributed by atoms with E-state index in [2.05, 4.69) is 15.0 Å². The number of anilines is 2. The highest BCUT2D eigenvalue weighted by atomic mass is 35.5. The summed E-state index contributed by atoms with van der Waals surface area (Å²) in [5.41, 5.74) is -2.56. The Hall–Kier alpha value is -5.44. The molecule has 0 aliphatic carbocycles. The number of aromatic nitrogens is 3. The summed E-state index contributed by atoms with van der Waals surface area (Å²) in [6, 6.07) is 16.3. The monoisotopic (exact) mass is 810 g/mol. The number of halogens is 6. The molecule has 16 heteroatoms. The molecule has 5 aromatic rings. The number of carbonyl (C=O) groups is 1. The van der Waals surface area contributed by atoms with E-state index in [1.807, 2.05) is 24.3 Å². The van der Waals surface area contributed by atoms with Gasteiger partial charge in [-0.15, -0.1) is 0 Å². The number of aryl methyl sites for hydroxylation is 1. The third-order valence-corrected chi connectivity index (χ3v) is 10.4. The van der Waals surface area contributed by atoms with Crippen molar-refractivity contribution in [3.05, 3.63) is 99.8 Å². The zero-order valence-corrected chi connectivity index (χ0v) is 32.8. The van der Waals surface area contributed by atoms with E-state index in [-0.39, 0.29) is 60.8 Å². The second-order valence-electron chi connectivity index (χ2n) is 15.2. The van der Waals surface area contributed by atoms with Gasteiger partial charge in [0.05, 0.1) is 48.1 Å². The summed E-state index contributed by atoms with van der Waals surface area (Å²) in [6.45, 7) is 7.44. The fourth-order valence-corrected chi connectivity index (χ4v) is 7.82. The maximum atomic E-state index is 17.0. The number of alkyl halides is 3. The molecule has 1 amide bonds. The van der Waals surface area contributed by atoms with Gasteiger partial charge in [-0.1, -0.05) is 35.9 Å². The van der Waals surface area contributed by atoms with E-state index in [9.17, 15) is 18.0 Å². The van der Waals surface area contributed by atoms with Crippen molar-refractivity contribution in [3.63, 3.8) is 0 Å². The number of ether oxygens (including phenoxy) is 3. The van der Waals surface area contributed by atoms with Gasteiger partial charge in [0.2, 0.25) is 0 Å². The SMILES string of the molecule is COc1ccc(CN(Cc2ccc(OC)cc2)c2cc(C)c(C(F)(F)F)c(-c3c(Cl)cc4c(N5CC6CC5CN6C(=O)OC(C)(C)C)nc(F)nc4c3F)n2)cc1. The first kappa shape index (κ1) is 39.8. The minimum atomic E-state index is -4.98. The van der Waals surface area contributed by atoms with Gasteiger partial charge in [-0.25, -0.2) is 14.2 Å². The minimum Gasteiger partial charge on any atom is -0.497 e. The molecule has 2 fully saturated rings. The molecule has 2 bridgehead atoms. The first-order chi connectivity index (χ1) is 26.9. The van der Waals surface area contributed by atoms with Crippen LogP contribution < -0.4 is 19.3 Å². The van der Waals surface area contributed by atoms with Gasteiger partial charge in [-0.3, -0.25) is 0 Å². The molecule has 2 aromatic heterocycles. The Morgan fingerprint density at radius 2 is 1.47 bits per heavy atom. The Morgan fingerprint density at radius 1 is 0.877 bits per heavy atom. The Labute approximate surface area is 331 Å². The molecular weight excluding hydrogens is 771 g/mol. The molecule has 3 aromatic carbocycles. The van der Waals surface area contributed by atoms with E-state index in [0.717, 1.165) is 11.1 Å². The molecule has 57 heavy (non-hydrogen) atoms. The first-order valence-electron chi connectivity index (χ1n) is 18.2. The molecule has 2 saturated heterocycles. The van der Waals surface area contributed by atoms with Crippen LogP contribution in [0.1, 0.15) is 49.4 Å². The average molecular weight is 811 g/mol. The molecule has 2 aliphatic heterocycles. The second kappa shape index (κ2) is 15.1. The predicted molar refractivity (Wildman–Crippen MR) is 206 cm³/mol. The quantitative estimate of drug-likeness (QED) is 0.107. The molecule has 0 radical (unpaired) electrons. The molecule has 300 valence electrons. The number of nitrogens with zero attached hydrogens (tertiary/aromatic N) is 6.